The molecule has 2 saturated heterocycles. The first-order valence-electron chi connectivity index (χ1n) is 11.9. The van der Waals surface area contributed by atoms with E-state index in [0.717, 1.165) is 32.6 Å². The summed E-state index contributed by atoms with van der Waals surface area (Å²) < 4.78 is 14.1. The van der Waals surface area contributed by atoms with Gasteiger partial charge in [0.1, 0.15) is 5.82 Å². The van der Waals surface area contributed by atoms with Crippen molar-refractivity contribution in [2.45, 2.75) is 38.8 Å². The maximum atomic E-state index is 14.1. The Morgan fingerprint density at radius 1 is 1.00 bits per heavy atom. The standard InChI is InChI=1S/C26H35FN4O/c1-21-19-30(25-10-6-5-9-24(25)27)17-18-31(21)26(32)28-14-11-22-12-15-29(16-13-22)20-23-7-3-2-4-8-23/h2-10,21-22H,11-20H2,1H3,(H,28,32)/t21-/m1/s1. The van der Waals surface area contributed by atoms with Crippen molar-refractivity contribution < 1.29 is 9.18 Å². The number of carbonyl (C=O) groups excluding carboxylic acids is 1. The number of anilines is 1. The minimum atomic E-state index is -0.201. The molecule has 0 radical (unpaired) electrons. The molecule has 2 aliphatic rings. The number of piperazine rings is 1. The van der Waals surface area contributed by atoms with Crippen molar-refractivity contribution in [3.05, 3.63) is 66.0 Å². The van der Waals surface area contributed by atoms with Gasteiger partial charge in [-0.1, -0.05) is 42.5 Å². The first kappa shape index (κ1) is 22.6. The summed E-state index contributed by atoms with van der Waals surface area (Å²) in [6.07, 6.45) is 3.43. The van der Waals surface area contributed by atoms with Crippen molar-refractivity contribution in [3.8, 4) is 0 Å². The summed E-state index contributed by atoms with van der Waals surface area (Å²) in [5, 5.41) is 3.13. The van der Waals surface area contributed by atoms with E-state index in [1.54, 1.807) is 6.07 Å². The number of amides is 2. The number of nitrogens with one attached hydrogen (secondary N) is 1. The van der Waals surface area contributed by atoms with Gasteiger partial charge in [-0.25, -0.2) is 9.18 Å². The second-order valence-corrected chi connectivity index (χ2v) is 9.17. The van der Waals surface area contributed by atoms with Crippen LogP contribution in [0, 0.1) is 11.7 Å². The molecule has 2 fully saturated rings. The van der Waals surface area contributed by atoms with Crippen LogP contribution in [-0.4, -0.2) is 61.1 Å². The lowest BCUT2D eigenvalue weighted by molar-refractivity contribution is 0.162. The third-order valence-corrected chi connectivity index (χ3v) is 6.87. The number of hydrogen-bond donors (Lipinski definition) is 1. The summed E-state index contributed by atoms with van der Waals surface area (Å²) in [4.78, 5) is 19.2. The molecule has 0 aliphatic carbocycles. The zero-order valence-electron chi connectivity index (χ0n) is 19.0. The van der Waals surface area contributed by atoms with Crippen LogP contribution in [0.3, 0.4) is 0 Å². The number of rotatable bonds is 6. The first-order chi connectivity index (χ1) is 15.6. The van der Waals surface area contributed by atoms with Gasteiger partial charge in [0, 0.05) is 38.8 Å². The Balaban J connectivity index is 1.15. The van der Waals surface area contributed by atoms with Crippen LogP contribution < -0.4 is 10.2 Å². The molecule has 1 atom stereocenters. The van der Waals surface area contributed by atoms with Crippen molar-refractivity contribution in [2.24, 2.45) is 5.92 Å². The van der Waals surface area contributed by atoms with E-state index in [-0.39, 0.29) is 17.9 Å². The Hall–Kier alpha value is -2.60. The van der Waals surface area contributed by atoms with Crippen LogP contribution in [0.25, 0.3) is 0 Å². The van der Waals surface area contributed by atoms with E-state index in [1.165, 1.54) is 24.5 Å². The van der Waals surface area contributed by atoms with E-state index in [0.29, 0.717) is 31.2 Å². The van der Waals surface area contributed by atoms with Crippen LogP contribution in [0.15, 0.2) is 54.6 Å². The number of carbonyl (C=O) groups is 1. The van der Waals surface area contributed by atoms with Crippen LogP contribution in [0.1, 0.15) is 31.7 Å². The van der Waals surface area contributed by atoms with Crippen LogP contribution in [-0.2, 0) is 6.54 Å². The van der Waals surface area contributed by atoms with Gasteiger partial charge in [0.05, 0.1) is 5.69 Å². The summed E-state index contributed by atoms with van der Waals surface area (Å²) in [5.74, 6) is 0.477. The summed E-state index contributed by atoms with van der Waals surface area (Å²) >= 11 is 0. The molecular formula is C26H35FN4O. The van der Waals surface area contributed by atoms with E-state index < -0.39 is 0 Å². The number of urea groups is 1. The van der Waals surface area contributed by atoms with Crippen LogP contribution in [0.2, 0.25) is 0 Å². The van der Waals surface area contributed by atoms with Gasteiger partial charge in [-0.15, -0.1) is 0 Å². The maximum Gasteiger partial charge on any atom is 0.317 e. The van der Waals surface area contributed by atoms with E-state index in [4.69, 9.17) is 0 Å². The zero-order chi connectivity index (χ0) is 22.3. The molecule has 6 heteroatoms. The second-order valence-electron chi connectivity index (χ2n) is 9.17. The van der Waals surface area contributed by atoms with Gasteiger partial charge in [-0.2, -0.15) is 0 Å². The first-order valence-corrected chi connectivity index (χ1v) is 11.9. The normalized spacial score (nSPS) is 20.4. The number of likely N-dealkylation sites (tertiary alicyclic amines) is 1. The molecule has 2 heterocycles. The fraction of sp³-hybridized carbons (Fsp3) is 0.500. The SMILES string of the molecule is C[C@@H]1CN(c2ccccc2F)CCN1C(=O)NCCC1CCN(Cc2ccccc2)CC1. The van der Waals surface area contributed by atoms with E-state index in [9.17, 15) is 9.18 Å². The number of benzene rings is 2. The molecule has 0 bridgehead atoms. The van der Waals surface area contributed by atoms with Crippen molar-refractivity contribution >= 4 is 11.7 Å². The third-order valence-electron chi connectivity index (χ3n) is 6.87. The van der Waals surface area contributed by atoms with Crippen molar-refractivity contribution in [1.29, 1.82) is 0 Å². The lowest BCUT2D eigenvalue weighted by Gasteiger charge is -2.41. The third kappa shape index (κ3) is 5.80. The fourth-order valence-corrected chi connectivity index (χ4v) is 4.95. The molecule has 5 nitrogen and oxygen atoms in total. The molecule has 172 valence electrons. The molecule has 1 N–H and O–H groups in total. The quantitative estimate of drug-likeness (QED) is 0.729. The lowest BCUT2D eigenvalue weighted by Crippen LogP contribution is -2.57. The minimum Gasteiger partial charge on any atom is -0.365 e. The molecule has 4 rings (SSSR count). The predicted molar refractivity (Wildman–Crippen MR) is 127 cm³/mol. The van der Waals surface area contributed by atoms with E-state index in [1.807, 2.05) is 28.9 Å². The van der Waals surface area contributed by atoms with Crippen LogP contribution in [0.5, 0.6) is 0 Å². The molecule has 0 aromatic heterocycles. The Kier molecular flexibility index (Phi) is 7.63. The molecule has 0 unspecified atom stereocenters. The predicted octanol–water partition coefficient (Wildman–Crippen LogP) is 4.35. The number of nitrogens with zero attached hydrogens (tertiary/aromatic N) is 3. The smallest absolute Gasteiger partial charge is 0.317 e. The van der Waals surface area contributed by atoms with Crippen molar-refractivity contribution in [3.63, 3.8) is 0 Å². The van der Waals surface area contributed by atoms with Crippen molar-refractivity contribution in [1.82, 2.24) is 15.1 Å². The molecule has 2 aromatic rings. The molecule has 0 saturated carbocycles. The highest BCUT2D eigenvalue weighted by Gasteiger charge is 2.28. The summed E-state index contributed by atoms with van der Waals surface area (Å²) in [5.41, 5.74) is 2.00. The van der Waals surface area contributed by atoms with Gasteiger partial charge in [0.2, 0.25) is 0 Å². The Bertz CT molecular complexity index is 869. The maximum absolute atomic E-state index is 14.1. The van der Waals surface area contributed by atoms with Gasteiger partial charge in [-0.3, -0.25) is 4.90 Å². The van der Waals surface area contributed by atoms with Crippen molar-refractivity contribution in [2.75, 3.05) is 44.2 Å². The molecule has 2 amide bonds. The van der Waals surface area contributed by atoms with Gasteiger partial charge in [-0.05, 0) is 62.9 Å². The highest BCUT2D eigenvalue weighted by molar-refractivity contribution is 5.75. The number of hydrogen-bond acceptors (Lipinski definition) is 3. The highest BCUT2D eigenvalue weighted by atomic mass is 19.1. The number of para-hydroxylation sites is 1. The lowest BCUT2D eigenvalue weighted by atomic mass is 9.93. The molecule has 0 spiro atoms. The van der Waals surface area contributed by atoms with Gasteiger partial charge in [0.25, 0.3) is 0 Å². The van der Waals surface area contributed by atoms with E-state index >= 15 is 0 Å². The monoisotopic (exact) mass is 438 g/mol. The Morgan fingerprint density at radius 2 is 1.72 bits per heavy atom. The topological polar surface area (TPSA) is 38.8 Å². The summed E-state index contributed by atoms with van der Waals surface area (Å²) in [7, 11) is 0. The highest BCUT2D eigenvalue weighted by Crippen LogP contribution is 2.23. The van der Waals surface area contributed by atoms with Crippen LogP contribution in [0.4, 0.5) is 14.9 Å². The number of piperidine rings is 1. The van der Waals surface area contributed by atoms with Gasteiger partial charge >= 0.3 is 6.03 Å². The van der Waals surface area contributed by atoms with Gasteiger partial charge < -0.3 is 15.1 Å². The fourth-order valence-electron chi connectivity index (χ4n) is 4.95. The molecule has 2 aliphatic heterocycles. The zero-order valence-corrected chi connectivity index (χ0v) is 19.0. The minimum absolute atomic E-state index is 0.00666. The molecule has 32 heavy (non-hydrogen) atoms. The Labute approximate surface area is 191 Å². The average Bonchev–Trinajstić information content (AvgIpc) is 2.81. The summed E-state index contributed by atoms with van der Waals surface area (Å²) in [6, 6.07) is 17.6. The average molecular weight is 439 g/mol. The molecule has 2 aromatic carbocycles. The van der Waals surface area contributed by atoms with Gasteiger partial charge in [0.15, 0.2) is 0 Å². The van der Waals surface area contributed by atoms with E-state index in [2.05, 4.69) is 40.5 Å². The largest absolute Gasteiger partial charge is 0.365 e. The Morgan fingerprint density at radius 3 is 2.44 bits per heavy atom. The number of halogens is 1. The van der Waals surface area contributed by atoms with Crippen LogP contribution >= 0.6 is 0 Å². The summed E-state index contributed by atoms with van der Waals surface area (Å²) in [6.45, 7) is 7.95. The molecular weight excluding hydrogens is 403 g/mol. The second kappa shape index (κ2) is 10.8.